The predicted octanol–water partition coefficient (Wildman–Crippen LogP) is 2.66. The summed E-state index contributed by atoms with van der Waals surface area (Å²) < 4.78 is 5.31. The SMILES string of the molecule is COc1ccc(C)cc1NC(=O)[C@@H](C)[NH2+][C@H](C)c1ccccc1. The van der Waals surface area contributed by atoms with Gasteiger partial charge in [0.05, 0.1) is 12.8 Å². The van der Waals surface area contributed by atoms with Crippen LogP contribution in [0.2, 0.25) is 0 Å². The van der Waals surface area contributed by atoms with Gasteiger partial charge >= 0.3 is 0 Å². The maximum absolute atomic E-state index is 12.5. The van der Waals surface area contributed by atoms with Crippen molar-refractivity contribution in [2.45, 2.75) is 32.9 Å². The molecule has 0 saturated carbocycles. The van der Waals surface area contributed by atoms with Crippen molar-refractivity contribution in [1.82, 2.24) is 0 Å². The molecule has 0 spiro atoms. The quantitative estimate of drug-likeness (QED) is 0.861. The molecule has 0 aliphatic rings. The maximum atomic E-state index is 12.5. The molecule has 0 saturated heterocycles. The molecular formula is C19H25N2O2+. The van der Waals surface area contributed by atoms with Crippen molar-refractivity contribution in [2.24, 2.45) is 0 Å². The molecule has 0 heterocycles. The van der Waals surface area contributed by atoms with Crippen molar-refractivity contribution < 1.29 is 14.8 Å². The summed E-state index contributed by atoms with van der Waals surface area (Å²) in [7, 11) is 1.60. The van der Waals surface area contributed by atoms with Gasteiger partial charge in [-0.2, -0.15) is 0 Å². The van der Waals surface area contributed by atoms with Crippen molar-refractivity contribution in [2.75, 3.05) is 12.4 Å². The molecule has 0 aromatic heterocycles. The first kappa shape index (κ1) is 17.0. The zero-order valence-electron chi connectivity index (χ0n) is 14.2. The number of amides is 1. The van der Waals surface area contributed by atoms with Gasteiger partial charge in [-0.05, 0) is 38.5 Å². The summed E-state index contributed by atoms with van der Waals surface area (Å²) in [5.41, 5.74) is 3.00. The average molecular weight is 313 g/mol. The zero-order valence-corrected chi connectivity index (χ0v) is 14.2. The van der Waals surface area contributed by atoms with E-state index in [2.05, 4.69) is 29.7 Å². The number of carbonyl (C=O) groups is 1. The third kappa shape index (κ3) is 4.57. The third-order valence-corrected chi connectivity index (χ3v) is 3.93. The Bertz CT molecular complexity index is 656. The van der Waals surface area contributed by atoms with Crippen LogP contribution in [-0.2, 0) is 4.79 Å². The van der Waals surface area contributed by atoms with Gasteiger partial charge in [0.1, 0.15) is 11.8 Å². The molecule has 0 unspecified atom stereocenters. The molecule has 0 aliphatic carbocycles. The van der Waals surface area contributed by atoms with Gasteiger partial charge < -0.3 is 15.4 Å². The molecule has 0 radical (unpaired) electrons. The number of hydrogen-bond acceptors (Lipinski definition) is 2. The van der Waals surface area contributed by atoms with E-state index in [1.165, 1.54) is 5.56 Å². The molecule has 0 bridgehead atoms. The normalized spacial score (nSPS) is 13.2. The molecule has 3 N–H and O–H groups in total. The number of carbonyl (C=O) groups excluding carboxylic acids is 1. The molecule has 0 fully saturated rings. The first-order valence-electron chi connectivity index (χ1n) is 7.86. The number of ether oxygens (including phenoxy) is 1. The van der Waals surface area contributed by atoms with E-state index in [1.807, 2.05) is 50.2 Å². The number of quaternary nitrogens is 1. The molecule has 4 nitrogen and oxygen atoms in total. The molecule has 2 atom stereocenters. The Morgan fingerprint density at radius 3 is 2.48 bits per heavy atom. The molecule has 4 heteroatoms. The van der Waals surface area contributed by atoms with Crippen molar-refractivity contribution in [3.8, 4) is 5.75 Å². The van der Waals surface area contributed by atoms with Gasteiger partial charge in [-0.3, -0.25) is 4.79 Å². The third-order valence-electron chi connectivity index (χ3n) is 3.93. The van der Waals surface area contributed by atoms with E-state index in [9.17, 15) is 4.79 Å². The minimum atomic E-state index is -0.199. The van der Waals surface area contributed by atoms with Gasteiger partial charge in [-0.25, -0.2) is 0 Å². The van der Waals surface area contributed by atoms with Gasteiger partial charge in [0.25, 0.3) is 5.91 Å². The fourth-order valence-corrected chi connectivity index (χ4v) is 2.55. The highest BCUT2D eigenvalue weighted by molar-refractivity contribution is 5.95. The number of rotatable bonds is 6. The standard InChI is InChI=1S/C19H24N2O2/c1-13-10-11-18(23-4)17(12-13)21-19(22)15(3)20-14(2)16-8-6-5-7-9-16/h5-12,14-15,20H,1-4H3,(H,21,22)/p+1/t14-,15-/m1/s1. The van der Waals surface area contributed by atoms with E-state index in [-0.39, 0.29) is 18.0 Å². The number of anilines is 1. The van der Waals surface area contributed by atoms with E-state index < -0.39 is 0 Å². The lowest BCUT2D eigenvalue weighted by atomic mass is 10.1. The molecule has 2 aromatic carbocycles. The Kier molecular flexibility index (Phi) is 5.77. The van der Waals surface area contributed by atoms with Gasteiger partial charge in [0.15, 0.2) is 6.04 Å². The van der Waals surface area contributed by atoms with Crippen LogP contribution < -0.4 is 15.4 Å². The van der Waals surface area contributed by atoms with Crippen LogP contribution in [0.5, 0.6) is 5.75 Å². The van der Waals surface area contributed by atoms with Gasteiger partial charge in [-0.15, -0.1) is 0 Å². The van der Waals surface area contributed by atoms with Crippen molar-refractivity contribution in [1.29, 1.82) is 0 Å². The Labute approximate surface area is 137 Å². The molecule has 122 valence electrons. The van der Waals surface area contributed by atoms with Crippen LogP contribution in [-0.4, -0.2) is 19.1 Å². The van der Waals surface area contributed by atoms with Crippen LogP contribution in [0, 0.1) is 6.92 Å². The zero-order chi connectivity index (χ0) is 16.8. The van der Waals surface area contributed by atoms with Crippen LogP contribution in [0.3, 0.4) is 0 Å². The lowest BCUT2D eigenvalue weighted by Crippen LogP contribution is -2.91. The minimum absolute atomic E-state index is 0.0309. The highest BCUT2D eigenvalue weighted by atomic mass is 16.5. The highest BCUT2D eigenvalue weighted by Crippen LogP contribution is 2.25. The largest absolute Gasteiger partial charge is 0.495 e. The Morgan fingerprint density at radius 1 is 1.13 bits per heavy atom. The smallest absolute Gasteiger partial charge is 0.282 e. The number of hydrogen-bond donors (Lipinski definition) is 2. The van der Waals surface area contributed by atoms with Crippen molar-refractivity contribution in [3.05, 3.63) is 59.7 Å². The fraction of sp³-hybridized carbons (Fsp3) is 0.316. The van der Waals surface area contributed by atoms with E-state index >= 15 is 0 Å². The molecule has 2 aromatic rings. The summed E-state index contributed by atoms with van der Waals surface area (Å²) in [5.74, 6) is 0.643. The minimum Gasteiger partial charge on any atom is -0.495 e. The monoisotopic (exact) mass is 313 g/mol. The van der Waals surface area contributed by atoms with E-state index in [0.29, 0.717) is 11.4 Å². The maximum Gasteiger partial charge on any atom is 0.282 e. The number of methoxy groups -OCH3 is 1. The summed E-state index contributed by atoms with van der Waals surface area (Å²) in [4.78, 5) is 12.5. The number of benzene rings is 2. The Hall–Kier alpha value is -2.33. The number of aryl methyl sites for hydroxylation is 1. The lowest BCUT2D eigenvalue weighted by molar-refractivity contribution is -0.709. The fourth-order valence-electron chi connectivity index (χ4n) is 2.55. The molecule has 1 amide bonds. The molecular weight excluding hydrogens is 288 g/mol. The first-order chi connectivity index (χ1) is 11.0. The van der Waals surface area contributed by atoms with E-state index in [4.69, 9.17) is 4.74 Å². The Balaban J connectivity index is 2.02. The second-order valence-electron chi connectivity index (χ2n) is 5.87. The Morgan fingerprint density at radius 2 is 1.83 bits per heavy atom. The van der Waals surface area contributed by atoms with E-state index in [0.717, 1.165) is 5.56 Å². The summed E-state index contributed by atoms with van der Waals surface area (Å²) in [6.07, 6.45) is 0. The van der Waals surface area contributed by atoms with Gasteiger partial charge in [-0.1, -0.05) is 36.4 Å². The van der Waals surface area contributed by atoms with Crippen LogP contribution in [0.15, 0.2) is 48.5 Å². The van der Waals surface area contributed by atoms with Gasteiger partial charge in [0, 0.05) is 5.56 Å². The predicted molar refractivity (Wildman–Crippen MR) is 92.6 cm³/mol. The number of nitrogens with one attached hydrogen (secondary N) is 1. The molecule has 2 rings (SSSR count). The lowest BCUT2D eigenvalue weighted by Gasteiger charge is -2.18. The van der Waals surface area contributed by atoms with Crippen molar-refractivity contribution >= 4 is 11.6 Å². The highest BCUT2D eigenvalue weighted by Gasteiger charge is 2.21. The van der Waals surface area contributed by atoms with E-state index in [1.54, 1.807) is 7.11 Å². The van der Waals surface area contributed by atoms with Crippen LogP contribution in [0.25, 0.3) is 0 Å². The van der Waals surface area contributed by atoms with Crippen LogP contribution in [0.4, 0.5) is 5.69 Å². The molecule has 0 aliphatic heterocycles. The first-order valence-corrected chi connectivity index (χ1v) is 7.86. The summed E-state index contributed by atoms with van der Waals surface area (Å²) in [6, 6.07) is 16.0. The second kappa shape index (κ2) is 7.79. The summed E-state index contributed by atoms with van der Waals surface area (Å²) in [6.45, 7) is 6.01. The van der Waals surface area contributed by atoms with Crippen molar-refractivity contribution in [3.63, 3.8) is 0 Å². The average Bonchev–Trinajstić information content (AvgIpc) is 2.55. The summed E-state index contributed by atoms with van der Waals surface area (Å²) in [5, 5.41) is 5.03. The summed E-state index contributed by atoms with van der Waals surface area (Å²) >= 11 is 0. The second-order valence-corrected chi connectivity index (χ2v) is 5.87. The van der Waals surface area contributed by atoms with Crippen LogP contribution >= 0.6 is 0 Å². The van der Waals surface area contributed by atoms with Crippen LogP contribution in [0.1, 0.15) is 31.0 Å². The number of nitrogens with two attached hydrogens (primary N) is 1. The molecule has 23 heavy (non-hydrogen) atoms. The van der Waals surface area contributed by atoms with Gasteiger partial charge in [0.2, 0.25) is 0 Å². The topological polar surface area (TPSA) is 54.9 Å².